The standard InChI is InChI=1S/C15H16O2S/c1-11(16)12-7-9-13(10-8-12)18-15-6-4-3-5-14(15)17-2/h3-11,16H,1-2H3/t11-/m0/s1. The van der Waals surface area contributed by atoms with E-state index in [9.17, 15) is 5.11 Å². The maximum absolute atomic E-state index is 9.46. The Labute approximate surface area is 112 Å². The van der Waals surface area contributed by atoms with Gasteiger partial charge < -0.3 is 9.84 Å². The number of aliphatic hydroxyl groups is 1. The normalized spacial score (nSPS) is 12.2. The quantitative estimate of drug-likeness (QED) is 0.904. The predicted octanol–water partition coefficient (Wildman–Crippen LogP) is 3.90. The third-order valence-electron chi connectivity index (χ3n) is 2.66. The molecule has 1 N–H and O–H groups in total. The molecule has 0 unspecified atom stereocenters. The third kappa shape index (κ3) is 3.06. The van der Waals surface area contributed by atoms with Gasteiger partial charge in [-0.3, -0.25) is 0 Å². The number of hydrogen-bond donors (Lipinski definition) is 1. The molecule has 0 amide bonds. The van der Waals surface area contributed by atoms with Gasteiger partial charge in [-0.1, -0.05) is 36.0 Å². The van der Waals surface area contributed by atoms with Gasteiger partial charge in [0.15, 0.2) is 0 Å². The minimum Gasteiger partial charge on any atom is -0.496 e. The van der Waals surface area contributed by atoms with E-state index in [1.165, 1.54) is 0 Å². The number of hydrogen-bond acceptors (Lipinski definition) is 3. The molecule has 0 saturated carbocycles. The highest BCUT2D eigenvalue weighted by Crippen LogP contribution is 2.34. The van der Waals surface area contributed by atoms with Crippen LogP contribution in [-0.2, 0) is 0 Å². The van der Waals surface area contributed by atoms with Crippen LogP contribution in [0.4, 0.5) is 0 Å². The molecule has 2 rings (SSSR count). The lowest BCUT2D eigenvalue weighted by Gasteiger charge is -2.09. The van der Waals surface area contributed by atoms with Crippen LogP contribution in [0.3, 0.4) is 0 Å². The number of ether oxygens (including phenoxy) is 1. The van der Waals surface area contributed by atoms with Gasteiger partial charge in [0.2, 0.25) is 0 Å². The van der Waals surface area contributed by atoms with E-state index < -0.39 is 6.10 Å². The van der Waals surface area contributed by atoms with Crippen molar-refractivity contribution >= 4 is 11.8 Å². The van der Waals surface area contributed by atoms with Crippen LogP contribution in [0.15, 0.2) is 58.3 Å². The SMILES string of the molecule is COc1ccccc1Sc1ccc([C@H](C)O)cc1. The lowest BCUT2D eigenvalue weighted by molar-refractivity contribution is 0.199. The highest BCUT2D eigenvalue weighted by atomic mass is 32.2. The lowest BCUT2D eigenvalue weighted by atomic mass is 10.1. The van der Waals surface area contributed by atoms with Crippen molar-refractivity contribution in [3.05, 3.63) is 54.1 Å². The Morgan fingerprint density at radius 2 is 1.72 bits per heavy atom. The second kappa shape index (κ2) is 5.94. The van der Waals surface area contributed by atoms with E-state index in [0.717, 1.165) is 21.1 Å². The number of methoxy groups -OCH3 is 1. The van der Waals surface area contributed by atoms with Gasteiger partial charge in [0.25, 0.3) is 0 Å². The molecule has 0 aliphatic heterocycles. The van der Waals surface area contributed by atoms with Crippen LogP contribution in [0.25, 0.3) is 0 Å². The summed E-state index contributed by atoms with van der Waals surface area (Å²) in [5.41, 5.74) is 0.930. The molecule has 2 nitrogen and oxygen atoms in total. The van der Waals surface area contributed by atoms with Crippen molar-refractivity contribution in [2.45, 2.75) is 22.8 Å². The van der Waals surface area contributed by atoms with Crippen molar-refractivity contribution in [1.29, 1.82) is 0 Å². The van der Waals surface area contributed by atoms with Crippen molar-refractivity contribution in [2.24, 2.45) is 0 Å². The summed E-state index contributed by atoms with van der Waals surface area (Å²) in [5, 5.41) is 9.46. The maximum atomic E-state index is 9.46. The zero-order chi connectivity index (χ0) is 13.0. The van der Waals surface area contributed by atoms with Crippen LogP contribution in [0, 0.1) is 0 Å². The maximum Gasteiger partial charge on any atom is 0.132 e. The molecule has 0 aliphatic rings. The summed E-state index contributed by atoms with van der Waals surface area (Å²) < 4.78 is 5.32. The molecule has 0 fully saturated rings. The fourth-order valence-corrected chi connectivity index (χ4v) is 2.57. The largest absolute Gasteiger partial charge is 0.496 e. The third-order valence-corrected chi connectivity index (χ3v) is 3.72. The number of para-hydroxylation sites is 1. The molecule has 0 heterocycles. The summed E-state index contributed by atoms with van der Waals surface area (Å²) in [6.45, 7) is 1.77. The van der Waals surface area contributed by atoms with Gasteiger partial charge in [-0.25, -0.2) is 0 Å². The minimum absolute atomic E-state index is 0.421. The first-order chi connectivity index (χ1) is 8.70. The summed E-state index contributed by atoms with van der Waals surface area (Å²) in [4.78, 5) is 2.22. The lowest BCUT2D eigenvalue weighted by Crippen LogP contribution is -1.90. The van der Waals surface area contributed by atoms with Crippen molar-refractivity contribution < 1.29 is 9.84 Å². The van der Waals surface area contributed by atoms with Gasteiger partial charge in [0.1, 0.15) is 5.75 Å². The van der Waals surface area contributed by atoms with Crippen LogP contribution in [-0.4, -0.2) is 12.2 Å². The fraction of sp³-hybridized carbons (Fsp3) is 0.200. The average molecular weight is 260 g/mol. The highest BCUT2D eigenvalue weighted by molar-refractivity contribution is 7.99. The van der Waals surface area contributed by atoms with E-state index in [-0.39, 0.29) is 0 Å². The van der Waals surface area contributed by atoms with Crippen LogP contribution in [0.5, 0.6) is 5.75 Å². The molecule has 1 atom stereocenters. The van der Waals surface area contributed by atoms with Gasteiger partial charge in [-0.2, -0.15) is 0 Å². The molecule has 94 valence electrons. The first kappa shape index (κ1) is 13.0. The second-order valence-corrected chi connectivity index (χ2v) is 5.11. The van der Waals surface area contributed by atoms with E-state index in [4.69, 9.17) is 4.74 Å². The fourth-order valence-electron chi connectivity index (χ4n) is 1.64. The molecule has 3 heteroatoms. The summed E-state index contributed by atoms with van der Waals surface area (Å²) in [6.07, 6.45) is -0.421. The molecule has 0 spiro atoms. The topological polar surface area (TPSA) is 29.5 Å². The first-order valence-electron chi connectivity index (χ1n) is 5.79. The van der Waals surface area contributed by atoms with Gasteiger partial charge in [0.05, 0.1) is 18.1 Å². The average Bonchev–Trinajstić information content (AvgIpc) is 2.40. The van der Waals surface area contributed by atoms with Crippen molar-refractivity contribution in [2.75, 3.05) is 7.11 Å². The molecule has 0 radical (unpaired) electrons. The smallest absolute Gasteiger partial charge is 0.132 e. The Balaban J connectivity index is 2.18. The monoisotopic (exact) mass is 260 g/mol. The molecule has 2 aromatic carbocycles. The Morgan fingerprint density at radius 3 is 2.33 bits per heavy atom. The summed E-state index contributed by atoms with van der Waals surface area (Å²) in [6, 6.07) is 15.9. The van der Waals surface area contributed by atoms with Gasteiger partial charge in [-0.05, 0) is 36.8 Å². The molecule has 18 heavy (non-hydrogen) atoms. The Kier molecular flexibility index (Phi) is 4.28. The van der Waals surface area contributed by atoms with Crippen molar-refractivity contribution in [3.8, 4) is 5.75 Å². The van der Waals surface area contributed by atoms with E-state index in [0.29, 0.717) is 0 Å². The molecule has 2 aromatic rings. The van der Waals surface area contributed by atoms with Crippen LogP contribution in [0.2, 0.25) is 0 Å². The highest BCUT2D eigenvalue weighted by Gasteiger charge is 2.05. The number of benzene rings is 2. The Morgan fingerprint density at radius 1 is 1.06 bits per heavy atom. The molecule has 0 aromatic heterocycles. The first-order valence-corrected chi connectivity index (χ1v) is 6.61. The summed E-state index contributed by atoms with van der Waals surface area (Å²) >= 11 is 1.65. The summed E-state index contributed by atoms with van der Waals surface area (Å²) in [5.74, 6) is 0.877. The van der Waals surface area contributed by atoms with Crippen LogP contribution >= 0.6 is 11.8 Å². The van der Waals surface area contributed by atoms with Gasteiger partial charge in [0, 0.05) is 4.90 Å². The molecule has 0 saturated heterocycles. The van der Waals surface area contributed by atoms with Crippen molar-refractivity contribution in [1.82, 2.24) is 0 Å². The summed E-state index contributed by atoms with van der Waals surface area (Å²) in [7, 11) is 1.68. The second-order valence-electron chi connectivity index (χ2n) is 4.00. The van der Waals surface area contributed by atoms with E-state index in [1.807, 2.05) is 48.5 Å². The number of rotatable bonds is 4. The Hall–Kier alpha value is -1.45. The van der Waals surface area contributed by atoms with Gasteiger partial charge >= 0.3 is 0 Å². The Bertz CT molecular complexity index is 506. The van der Waals surface area contributed by atoms with Crippen molar-refractivity contribution in [3.63, 3.8) is 0 Å². The molecular formula is C15H16O2S. The van der Waals surface area contributed by atoms with Crippen LogP contribution in [0.1, 0.15) is 18.6 Å². The molecule has 0 bridgehead atoms. The molecular weight excluding hydrogens is 244 g/mol. The van der Waals surface area contributed by atoms with E-state index >= 15 is 0 Å². The predicted molar refractivity (Wildman–Crippen MR) is 74.2 cm³/mol. The number of aliphatic hydroxyl groups excluding tert-OH is 1. The zero-order valence-electron chi connectivity index (χ0n) is 10.5. The van der Waals surface area contributed by atoms with Crippen LogP contribution < -0.4 is 4.74 Å². The zero-order valence-corrected chi connectivity index (χ0v) is 11.3. The minimum atomic E-state index is -0.421. The van der Waals surface area contributed by atoms with E-state index in [2.05, 4.69) is 0 Å². The van der Waals surface area contributed by atoms with E-state index in [1.54, 1.807) is 25.8 Å². The molecule has 0 aliphatic carbocycles. The van der Waals surface area contributed by atoms with Gasteiger partial charge in [-0.15, -0.1) is 0 Å².